The quantitative estimate of drug-likeness (QED) is 0.748. The molecule has 2 heterocycles. The smallest absolute Gasteiger partial charge is 0.319 e. The zero-order valence-corrected chi connectivity index (χ0v) is 14.4. The zero-order valence-electron chi connectivity index (χ0n) is 13.6. The number of nitrogens with one attached hydrogen (secondary N) is 2. The summed E-state index contributed by atoms with van der Waals surface area (Å²) in [5.74, 6) is 0. The maximum atomic E-state index is 12.1. The van der Waals surface area contributed by atoms with E-state index in [9.17, 15) is 4.79 Å². The number of rotatable bonds is 5. The highest BCUT2D eigenvalue weighted by Gasteiger charge is 2.10. The summed E-state index contributed by atoms with van der Waals surface area (Å²) in [5.41, 5.74) is 6.30. The molecule has 0 bridgehead atoms. The molecule has 1 aromatic carbocycles. The number of benzene rings is 1. The number of carbonyl (C=O) groups is 1. The van der Waals surface area contributed by atoms with Crippen LogP contribution in [0.2, 0.25) is 0 Å². The lowest BCUT2D eigenvalue weighted by molar-refractivity contribution is 0.252. The number of nitrogens with zero attached hydrogens (tertiary/aromatic N) is 3. The summed E-state index contributed by atoms with van der Waals surface area (Å²) >= 11 is 1.55. The van der Waals surface area contributed by atoms with Gasteiger partial charge in [-0.2, -0.15) is 5.10 Å². The van der Waals surface area contributed by atoms with Gasteiger partial charge in [-0.05, 0) is 32.0 Å². The van der Waals surface area contributed by atoms with Gasteiger partial charge in [-0.25, -0.2) is 14.5 Å². The van der Waals surface area contributed by atoms with E-state index in [1.807, 2.05) is 54.2 Å². The molecule has 0 aliphatic heterocycles. The molecule has 124 valence electrons. The average molecular weight is 341 g/mol. The molecule has 2 aromatic heterocycles. The summed E-state index contributed by atoms with van der Waals surface area (Å²) in [7, 11) is 0. The molecule has 0 fully saturated rings. The van der Waals surface area contributed by atoms with Crippen LogP contribution in [-0.4, -0.2) is 27.3 Å². The molecule has 3 rings (SSSR count). The van der Waals surface area contributed by atoms with Crippen LogP contribution in [0.15, 0.2) is 41.2 Å². The Morgan fingerprint density at radius 3 is 2.83 bits per heavy atom. The molecule has 7 heteroatoms. The molecule has 24 heavy (non-hydrogen) atoms. The van der Waals surface area contributed by atoms with E-state index in [0.29, 0.717) is 6.54 Å². The van der Waals surface area contributed by atoms with Crippen molar-refractivity contribution >= 4 is 23.1 Å². The fourth-order valence-electron chi connectivity index (χ4n) is 2.47. The summed E-state index contributed by atoms with van der Waals surface area (Å²) in [6.45, 7) is 4.48. The van der Waals surface area contributed by atoms with Crippen molar-refractivity contribution < 1.29 is 4.79 Å². The zero-order chi connectivity index (χ0) is 16.9. The average Bonchev–Trinajstić information content (AvgIpc) is 3.17. The molecular formula is C17H19N5OS. The van der Waals surface area contributed by atoms with Crippen LogP contribution in [0.4, 0.5) is 10.5 Å². The summed E-state index contributed by atoms with van der Waals surface area (Å²) in [5, 5.41) is 12.2. The maximum absolute atomic E-state index is 12.1. The Balaban J connectivity index is 1.66. The Labute approximate surface area is 144 Å². The maximum Gasteiger partial charge on any atom is 0.319 e. The molecule has 0 unspecified atom stereocenters. The van der Waals surface area contributed by atoms with Crippen molar-refractivity contribution in [1.82, 2.24) is 20.1 Å². The van der Waals surface area contributed by atoms with E-state index in [4.69, 9.17) is 0 Å². The van der Waals surface area contributed by atoms with E-state index in [0.717, 1.165) is 34.9 Å². The van der Waals surface area contributed by atoms with E-state index in [-0.39, 0.29) is 6.03 Å². The van der Waals surface area contributed by atoms with Crippen LogP contribution in [0.1, 0.15) is 17.1 Å². The van der Waals surface area contributed by atoms with Gasteiger partial charge in [0.25, 0.3) is 0 Å². The number of thiazole rings is 1. The summed E-state index contributed by atoms with van der Waals surface area (Å²) in [4.78, 5) is 16.3. The van der Waals surface area contributed by atoms with Crippen molar-refractivity contribution in [2.75, 3.05) is 11.9 Å². The summed E-state index contributed by atoms with van der Waals surface area (Å²) in [6, 6.07) is 9.39. The summed E-state index contributed by atoms with van der Waals surface area (Å²) < 4.78 is 1.83. The largest absolute Gasteiger partial charge is 0.337 e. The summed E-state index contributed by atoms with van der Waals surface area (Å²) in [6.07, 6.45) is 0.718. The minimum absolute atomic E-state index is 0.237. The molecule has 0 aliphatic rings. The topological polar surface area (TPSA) is 71.8 Å². The molecule has 3 aromatic rings. The van der Waals surface area contributed by atoms with E-state index >= 15 is 0 Å². The minimum Gasteiger partial charge on any atom is -0.337 e. The van der Waals surface area contributed by atoms with Crippen LogP contribution < -0.4 is 10.6 Å². The standard InChI is InChI=1S/C17H19N5OS/c1-12-9-13(2)22(21-12)16-6-4-3-5-15(16)20-17(23)18-8-7-14-10-24-11-19-14/h3-6,9-11H,7-8H2,1-2H3,(H2,18,20,23). The molecule has 0 saturated heterocycles. The van der Waals surface area contributed by atoms with Crippen LogP contribution in [0.3, 0.4) is 0 Å². The molecule has 0 spiro atoms. The van der Waals surface area contributed by atoms with Gasteiger partial charge in [0.15, 0.2) is 0 Å². The fourth-order valence-corrected chi connectivity index (χ4v) is 3.06. The predicted molar refractivity (Wildman–Crippen MR) is 95.9 cm³/mol. The third-order valence-electron chi connectivity index (χ3n) is 3.54. The van der Waals surface area contributed by atoms with Crippen molar-refractivity contribution in [1.29, 1.82) is 0 Å². The minimum atomic E-state index is -0.237. The molecular weight excluding hydrogens is 322 g/mol. The van der Waals surface area contributed by atoms with Crippen molar-refractivity contribution in [2.24, 2.45) is 0 Å². The number of aryl methyl sites for hydroxylation is 2. The van der Waals surface area contributed by atoms with Gasteiger partial charge in [0, 0.05) is 24.0 Å². The lowest BCUT2D eigenvalue weighted by Gasteiger charge is -2.13. The van der Waals surface area contributed by atoms with E-state index < -0.39 is 0 Å². The Morgan fingerprint density at radius 1 is 1.29 bits per heavy atom. The van der Waals surface area contributed by atoms with E-state index in [1.165, 1.54) is 0 Å². The SMILES string of the molecule is Cc1cc(C)n(-c2ccccc2NC(=O)NCCc2cscn2)n1. The van der Waals surface area contributed by atoms with Gasteiger partial charge in [-0.15, -0.1) is 11.3 Å². The van der Waals surface area contributed by atoms with Crippen molar-refractivity contribution in [3.8, 4) is 5.69 Å². The van der Waals surface area contributed by atoms with Crippen LogP contribution in [-0.2, 0) is 6.42 Å². The number of carbonyl (C=O) groups excluding carboxylic acids is 1. The second-order valence-electron chi connectivity index (χ2n) is 5.47. The Bertz CT molecular complexity index is 825. The van der Waals surface area contributed by atoms with Crippen LogP contribution >= 0.6 is 11.3 Å². The second-order valence-corrected chi connectivity index (χ2v) is 6.19. The fraction of sp³-hybridized carbons (Fsp3) is 0.235. The van der Waals surface area contributed by atoms with Crippen molar-refractivity contribution in [3.05, 3.63) is 58.3 Å². The lowest BCUT2D eigenvalue weighted by Crippen LogP contribution is -2.31. The first-order valence-corrected chi connectivity index (χ1v) is 8.62. The first kappa shape index (κ1) is 16.2. The van der Waals surface area contributed by atoms with Gasteiger partial charge in [0.2, 0.25) is 0 Å². The van der Waals surface area contributed by atoms with Crippen LogP contribution in [0.25, 0.3) is 5.69 Å². The first-order valence-electron chi connectivity index (χ1n) is 7.68. The number of aromatic nitrogens is 3. The number of urea groups is 1. The first-order chi connectivity index (χ1) is 11.6. The number of anilines is 1. The van der Waals surface area contributed by atoms with Gasteiger partial charge in [0.1, 0.15) is 0 Å². The van der Waals surface area contributed by atoms with E-state index in [1.54, 1.807) is 16.8 Å². The number of para-hydroxylation sites is 2. The molecule has 2 N–H and O–H groups in total. The third kappa shape index (κ3) is 3.80. The number of hydrogen-bond acceptors (Lipinski definition) is 4. The number of amides is 2. The normalized spacial score (nSPS) is 10.6. The molecule has 0 aliphatic carbocycles. The van der Waals surface area contributed by atoms with Crippen molar-refractivity contribution in [2.45, 2.75) is 20.3 Å². The van der Waals surface area contributed by atoms with Gasteiger partial charge in [0.05, 0.1) is 28.3 Å². The Morgan fingerprint density at radius 2 is 2.12 bits per heavy atom. The lowest BCUT2D eigenvalue weighted by atomic mass is 10.2. The molecule has 2 amide bonds. The molecule has 0 radical (unpaired) electrons. The molecule has 6 nitrogen and oxygen atoms in total. The second kappa shape index (κ2) is 7.27. The highest BCUT2D eigenvalue weighted by molar-refractivity contribution is 7.07. The molecule has 0 saturated carbocycles. The van der Waals surface area contributed by atoms with E-state index in [2.05, 4.69) is 20.7 Å². The van der Waals surface area contributed by atoms with Crippen LogP contribution in [0, 0.1) is 13.8 Å². The predicted octanol–water partition coefficient (Wildman–Crippen LogP) is 3.31. The third-order valence-corrected chi connectivity index (χ3v) is 4.18. The van der Waals surface area contributed by atoms with Gasteiger partial charge >= 0.3 is 6.03 Å². The number of hydrogen-bond donors (Lipinski definition) is 2. The molecule has 0 atom stereocenters. The van der Waals surface area contributed by atoms with Crippen molar-refractivity contribution in [3.63, 3.8) is 0 Å². The Kier molecular flexibility index (Phi) is 4.90. The van der Waals surface area contributed by atoms with Gasteiger partial charge in [-0.3, -0.25) is 0 Å². The Hall–Kier alpha value is -2.67. The van der Waals surface area contributed by atoms with Crippen LogP contribution in [0.5, 0.6) is 0 Å². The van der Waals surface area contributed by atoms with Gasteiger partial charge < -0.3 is 10.6 Å². The van der Waals surface area contributed by atoms with Gasteiger partial charge in [-0.1, -0.05) is 12.1 Å². The monoisotopic (exact) mass is 341 g/mol. The highest BCUT2D eigenvalue weighted by Crippen LogP contribution is 2.21. The highest BCUT2D eigenvalue weighted by atomic mass is 32.1.